The van der Waals surface area contributed by atoms with Crippen LogP contribution in [0.4, 0.5) is 11.4 Å². The smallest absolute Gasteiger partial charge is 0.323 e. The van der Waals surface area contributed by atoms with Crippen molar-refractivity contribution in [1.29, 1.82) is 0 Å². The van der Waals surface area contributed by atoms with Crippen LogP contribution in [0.25, 0.3) is 0 Å². The molecule has 1 saturated heterocycles. The molecular weight excluding hydrogens is 254 g/mol. The average molecular weight is 269 g/mol. The Balaban J connectivity index is 2.33. The molecule has 1 atom stereocenters. The van der Waals surface area contributed by atoms with Gasteiger partial charge < -0.3 is 14.8 Å². The third-order valence-electron chi connectivity index (χ3n) is 2.93. The van der Waals surface area contributed by atoms with Crippen LogP contribution in [0.1, 0.15) is 0 Å². The van der Waals surface area contributed by atoms with Gasteiger partial charge in [-0.2, -0.15) is 0 Å². The minimum Gasteiger partial charge on any atom is -0.611 e. The SMILES string of the molecule is C[S+]([O-])c1cc(N2CCNCC2)ccc1[N+](=O)[O-]. The lowest BCUT2D eigenvalue weighted by molar-refractivity contribution is -0.387. The number of benzene rings is 1. The summed E-state index contributed by atoms with van der Waals surface area (Å²) in [5, 5.41) is 14.1. The summed E-state index contributed by atoms with van der Waals surface area (Å²) in [7, 11) is 0. The molecule has 0 radical (unpaired) electrons. The van der Waals surface area contributed by atoms with Crippen LogP contribution in [0.5, 0.6) is 0 Å². The largest absolute Gasteiger partial charge is 0.611 e. The number of hydrogen-bond donors (Lipinski definition) is 1. The van der Waals surface area contributed by atoms with Crippen molar-refractivity contribution in [2.75, 3.05) is 37.3 Å². The highest BCUT2D eigenvalue weighted by molar-refractivity contribution is 7.90. The Hall–Kier alpha value is -1.31. The predicted molar refractivity (Wildman–Crippen MR) is 70.5 cm³/mol. The molecule has 18 heavy (non-hydrogen) atoms. The third-order valence-corrected chi connectivity index (χ3v) is 3.88. The maximum atomic E-state index is 11.6. The van der Waals surface area contributed by atoms with Crippen molar-refractivity contribution in [1.82, 2.24) is 5.32 Å². The second kappa shape index (κ2) is 5.55. The molecule has 0 spiro atoms. The topological polar surface area (TPSA) is 81.5 Å². The molecule has 1 heterocycles. The lowest BCUT2D eigenvalue weighted by atomic mass is 10.2. The summed E-state index contributed by atoms with van der Waals surface area (Å²) in [5.41, 5.74) is 0.821. The van der Waals surface area contributed by atoms with Crippen LogP contribution in [0, 0.1) is 10.1 Å². The number of hydrogen-bond acceptors (Lipinski definition) is 5. The number of piperazine rings is 1. The summed E-state index contributed by atoms with van der Waals surface area (Å²) in [6.45, 7) is 3.49. The number of nitro groups is 1. The molecule has 1 fully saturated rings. The summed E-state index contributed by atoms with van der Waals surface area (Å²) in [4.78, 5) is 12.8. The molecule has 0 amide bonds. The van der Waals surface area contributed by atoms with E-state index in [1.165, 1.54) is 12.3 Å². The number of nitro benzene ring substituents is 1. The fourth-order valence-electron chi connectivity index (χ4n) is 2.00. The Morgan fingerprint density at radius 1 is 1.39 bits per heavy atom. The molecule has 2 rings (SSSR count). The van der Waals surface area contributed by atoms with E-state index in [1.54, 1.807) is 12.1 Å². The van der Waals surface area contributed by atoms with Gasteiger partial charge in [-0.25, -0.2) is 0 Å². The number of nitrogens with zero attached hydrogens (tertiary/aromatic N) is 2. The Bertz CT molecular complexity index is 447. The van der Waals surface area contributed by atoms with Crippen molar-refractivity contribution in [3.63, 3.8) is 0 Å². The van der Waals surface area contributed by atoms with Gasteiger partial charge in [-0.05, 0) is 17.2 Å². The Morgan fingerprint density at radius 2 is 2.06 bits per heavy atom. The number of anilines is 1. The molecule has 1 aromatic rings. The molecule has 1 unspecified atom stereocenters. The van der Waals surface area contributed by atoms with Crippen LogP contribution in [-0.4, -0.2) is 41.9 Å². The second-order valence-electron chi connectivity index (χ2n) is 4.10. The molecule has 7 heteroatoms. The summed E-state index contributed by atoms with van der Waals surface area (Å²) >= 11 is -1.36. The van der Waals surface area contributed by atoms with Crippen molar-refractivity contribution >= 4 is 22.6 Å². The van der Waals surface area contributed by atoms with Gasteiger partial charge in [0, 0.05) is 44.0 Å². The third kappa shape index (κ3) is 2.74. The first-order valence-electron chi connectivity index (χ1n) is 5.67. The molecule has 98 valence electrons. The molecule has 1 aliphatic heterocycles. The monoisotopic (exact) mass is 269 g/mol. The molecule has 0 saturated carbocycles. The van der Waals surface area contributed by atoms with Gasteiger partial charge in [0.05, 0.1) is 4.92 Å². The molecule has 6 nitrogen and oxygen atoms in total. The minimum absolute atomic E-state index is 0.0743. The van der Waals surface area contributed by atoms with Crippen molar-refractivity contribution in [2.24, 2.45) is 0 Å². The van der Waals surface area contributed by atoms with Gasteiger partial charge in [0.15, 0.2) is 0 Å². The fraction of sp³-hybridized carbons (Fsp3) is 0.455. The van der Waals surface area contributed by atoms with E-state index in [0.717, 1.165) is 31.9 Å². The zero-order chi connectivity index (χ0) is 13.1. The Labute approximate surface area is 108 Å². The van der Waals surface area contributed by atoms with Crippen molar-refractivity contribution < 1.29 is 9.48 Å². The molecule has 0 aliphatic carbocycles. The van der Waals surface area contributed by atoms with E-state index in [1.807, 2.05) is 0 Å². The molecule has 0 bridgehead atoms. The molecule has 1 aliphatic rings. The van der Waals surface area contributed by atoms with Crippen LogP contribution >= 0.6 is 0 Å². The van der Waals surface area contributed by atoms with Gasteiger partial charge in [0.1, 0.15) is 6.26 Å². The van der Waals surface area contributed by atoms with Crippen LogP contribution in [-0.2, 0) is 11.2 Å². The molecule has 1 N–H and O–H groups in total. The predicted octanol–water partition coefficient (Wildman–Crippen LogP) is 0.742. The summed E-state index contributed by atoms with van der Waals surface area (Å²) in [5.74, 6) is 0. The first-order valence-corrected chi connectivity index (χ1v) is 7.23. The van der Waals surface area contributed by atoms with Crippen LogP contribution in [0.2, 0.25) is 0 Å². The zero-order valence-electron chi connectivity index (χ0n) is 10.1. The van der Waals surface area contributed by atoms with Crippen LogP contribution in [0.15, 0.2) is 23.1 Å². The maximum absolute atomic E-state index is 11.6. The van der Waals surface area contributed by atoms with Gasteiger partial charge in [-0.1, -0.05) is 0 Å². The normalized spacial score (nSPS) is 17.6. The average Bonchev–Trinajstić information content (AvgIpc) is 2.39. The molecular formula is C11H15N3O3S. The minimum atomic E-state index is -1.36. The highest BCUT2D eigenvalue weighted by atomic mass is 32.2. The lowest BCUT2D eigenvalue weighted by Gasteiger charge is -2.29. The van der Waals surface area contributed by atoms with Crippen molar-refractivity contribution in [3.8, 4) is 0 Å². The lowest BCUT2D eigenvalue weighted by Crippen LogP contribution is -2.43. The first-order chi connectivity index (χ1) is 8.59. The van der Waals surface area contributed by atoms with E-state index >= 15 is 0 Å². The quantitative estimate of drug-likeness (QED) is 0.497. The van der Waals surface area contributed by atoms with E-state index in [2.05, 4.69) is 10.2 Å². The van der Waals surface area contributed by atoms with E-state index in [-0.39, 0.29) is 10.6 Å². The fourth-order valence-corrected chi connectivity index (χ4v) is 2.73. The van der Waals surface area contributed by atoms with Crippen LogP contribution in [0.3, 0.4) is 0 Å². The highest BCUT2D eigenvalue weighted by Crippen LogP contribution is 2.28. The standard InChI is InChI=1S/C11H15N3O3S/c1-18(17)11-8-9(2-3-10(11)14(15)16)13-6-4-12-5-7-13/h2-3,8,12H,4-7H2,1H3. The highest BCUT2D eigenvalue weighted by Gasteiger charge is 2.23. The zero-order valence-corrected chi connectivity index (χ0v) is 10.9. The molecule has 1 aromatic carbocycles. The van der Waals surface area contributed by atoms with Gasteiger partial charge in [-0.3, -0.25) is 10.1 Å². The Kier molecular flexibility index (Phi) is 4.05. The van der Waals surface area contributed by atoms with E-state index < -0.39 is 16.1 Å². The first kappa shape index (κ1) is 13.1. The van der Waals surface area contributed by atoms with Crippen molar-refractivity contribution in [3.05, 3.63) is 28.3 Å². The maximum Gasteiger partial charge on any atom is 0.323 e. The number of rotatable bonds is 3. The molecule has 0 aromatic heterocycles. The summed E-state index contributed by atoms with van der Waals surface area (Å²) in [6.07, 6.45) is 1.46. The summed E-state index contributed by atoms with van der Waals surface area (Å²) < 4.78 is 11.6. The van der Waals surface area contributed by atoms with Crippen molar-refractivity contribution in [2.45, 2.75) is 4.90 Å². The second-order valence-corrected chi connectivity index (χ2v) is 5.45. The van der Waals surface area contributed by atoms with Gasteiger partial charge in [-0.15, -0.1) is 0 Å². The summed E-state index contributed by atoms with van der Waals surface area (Å²) in [6, 6.07) is 4.83. The van der Waals surface area contributed by atoms with E-state index in [0.29, 0.717) is 0 Å². The van der Waals surface area contributed by atoms with Gasteiger partial charge in [0.2, 0.25) is 4.90 Å². The van der Waals surface area contributed by atoms with E-state index in [4.69, 9.17) is 0 Å². The number of nitrogens with one attached hydrogen (secondary N) is 1. The van der Waals surface area contributed by atoms with Gasteiger partial charge >= 0.3 is 5.69 Å². The Morgan fingerprint density at radius 3 is 2.61 bits per heavy atom. The van der Waals surface area contributed by atoms with Gasteiger partial charge in [0.25, 0.3) is 0 Å². The van der Waals surface area contributed by atoms with Crippen LogP contribution < -0.4 is 10.2 Å². The van der Waals surface area contributed by atoms with E-state index in [9.17, 15) is 14.7 Å².